The molecule has 0 aliphatic carbocycles. The molecule has 0 unspecified atom stereocenters. The topological polar surface area (TPSA) is 86.7 Å². The molecule has 0 aromatic heterocycles. The largest absolute Gasteiger partial charge is 0.477 e. The van der Waals surface area contributed by atoms with Crippen molar-refractivity contribution in [2.45, 2.75) is 31.2 Å². The number of carboxylic acids is 1. The van der Waals surface area contributed by atoms with Crippen LogP contribution in [0.2, 0.25) is 0 Å². The molecule has 2 heterocycles. The summed E-state index contributed by atoms with van der Waals surface area (Å²) in [7, 11) is 0. The average molecular weight is 396 g/mol. The number of halogens is 1. The first-order valence-electron chi connectivity index (χ1n) is 5.83. The minimum atomic E-state index is -1.07. The van der Waals surface area contributed by atoms with Crippen LogP contribution in [-0.4, -0.2) is 43.0 Å². The van der Waals surface area contributed by atoms with E-state index in [0.717, 1.165) is 12.0 Å². The molecule has 0 saturated carbocycles. The van der Waals surface area contributed by atoms with Gasteiger partial charge in [-0.1, -0.05) is 13.3 Å². The third kappa shape index (κ3) is 2.60. The molecule has 104 valence electrons. The van der Waals surface area contributed by atoms with Gasteiger partial charge >= 0.3 is 5.97 Å². The van der Waals surface area contributed by atoms with Crippen LogP contribution in [0.5, 0.6) is 0 Å². The average Bonchev–Trinajstić information content (AvgIpc) is 2.35. The Morgan fingerprint density at radius 1 is 1.58 bits per heavy atom. The van der Waals surface area contributed by atoms with Crippen molar-refractivity contribution >= 4 is 50.1 Å². The number of rotatable bonds is 4. The van der Waals surface area contributed by atoms with Gasteiger partial charge in [-0.05, 0) is 12.0 Å². The van der Waals surface area contributed by atoms with E-state index in [2.05, 4.69) is 5.32 Å². The first-order valence-corrected chi connectivity index (χ1v) is 7.96. The molecule has 6 nitrogen and oxygen atoms in total. The summed E-state index contributed by atoms with van der Waals surface area (Å²) in [6, 6.07) is -0.605. The van der Waals surface area contributed by atoms with E-state index in [1.807, 2.05) is 6.92 Å². The van der Waals surface area contributed by atoms with Crippen LogP contribution in [0.3, 0.4) is 0 Å². The third-order valence-corrected chi connectivity index (χ3v) is 4.72. The molecule has 1 fully saturated rings. The second kappa shape index (κ2) is 5.70. The highest BCUT2D eigenvalue weighted by atomic mass is 127. The Balaban J connectivity index is 2.25. The van der Waals surface area contributed by atoms with Gasteiger partial charge in [0.1, 0.15) is 17.1 Å². The number of fused-ring (bicyclic) bond motifs is 1. The molecule has 0 spiro atoms. The molecule has 0 aromatic rings. The smallest absolute Gasteiger partial charge is 0.352 e. The SMILES string of the molecule is CCCC1=C(C(=O)O)N2C(=O)[C@@H](NC(=O)I)[C@H]2SC1. The minimum Gasteiger partial charge on any atom is -0.477 e. The van der Waals surface area contributed by atoms with Crippen molar-refractivity contribution in [1.82, 2.24) is 10.2 Å². The van der Waals surface area contributed by atoms with Gasteiger partial charge in [0.2, 0.25) is 0 Å². The number of thioether (sulfide) groups is 1. The Kier molecular flexibility index (Phi) is 4.39. The minimum absolute atomic E-state index is 0.106. The molecule has 19 heavy (non-hydrogen) atoms. The maximum Gasteiger partial charge on any atom is 0.352 e. The maximum atomic E-state index is 12.0. The predicted molar refractivity (Wildman–Crippen MR) is 79.0 cm³/mol. The van der Waals surface area contributed by atoms with E-state index in [9.17, 15) is 19.5 Å². The van der Waals surface area contributed by atoms with Gasteiger partial charge in [0.25, 0.3) is 9.82 Å². The van der Waals surface area contributed by atoms with E-state index in [4.69, 9.17) is 0 Å². The summed E-state index contributed by atoms with van der Waals surface area (Å²) in [4.78, 5) is 35.7. The second-order valence-corrected chi connectivity index (χ2v) is 6.40. The van der Waals surface area contributed by atoms with Gasteiger partial charge in [-0.15, -0.1) is 11.8 Å². The molecule has 2 N–H and O–H groups in total. The summed E-state index contributed by atoms with van der Waals surface area (Å²) in [5.74, 6) is -0.813. The monoisotopic (exact) mass is 396 g/mol. The van der Waals surface area contributed by atoms with E-state index in [0.29, 0.717) is 12.2 Å². The van der Waals surface area contributed by atoms with Crippen molar-refractivity contribution in [3.05, 3.63) is 11.3 Å². The molecule has 0 aromatic carbocycles. The second-order valence-electron chi connectivity index (χ2n) is 4.31. The summed E-state index contributed by atoms with van der Waals surface area (Å²) < 4.78 is -0.309. The summed E-state index contributed by atoms with van der Waals surface area (Å²) >= 11 is 3.07. The van der Waals surface area contributed by atoms with E-state index in [-0.39, 0.29) is 20.9 Å². The van der Waals surface area contributed by atoms with Crippen molar-refractivity contribution in [3.63, 3.8) is 0 Å². The van der Waals surface area contributed by atoms with Crippen LogP contribution in [0.1, 0.15) is 19.8 Å². The molecule has 0 bridgehead atoms. The lowest BCUT2D eigenvalue weighted by Crippen LogP contribution is -2.70. The van der Waals surface area contributed by atoms with Crippen LogP contribution in [0.15, 0.2) is 11.3 Å². The van der Waals surface area contributed by atoms with Crippen molar-refractivity contribution in [3.8, 4) is 0 Å². The van der Waals surface area contributed by atoms with Gasteiger partial charge in [-0.25, -0.2) is 4.79 Å². The number of carbonyl (C=O) groups is 3. The van der Waals surface area contributed by atoms with Crippen LogP contribution in [0.4, 0.5) is 4.79 Å². The first-order chi connectivity index (χ1) is 8.97. The van der Waals surface area contributed by atoms with Crippen LogP contribution < -0.4 is 5.32 Å². The number of nitrogens with zero attached hydrogens (tertiary/aromatic N) is 1. The van der Waals surface area contributed by atoms with Gasteiger partial charge in [0.05, 0.1) is 0 Å². The number of aliphatic carboxylic acids is 1. The van der Waals surface area contributed by atoms with Gasteiger partial charge < -0.3 is 10.4 Å². The Hall–Kier alpha value is -0.770. The zero-order valence-corrected chi connectivity index (χ0v) is 13.2. The van der Waals surface area contributed by atoms with E-state index < -0.39 is 12.0 Å². The first kappa shape index (κ1) is 14.6. The van der Waals surface area contributed by atoms with Gasteiger partial charge in [0, 0.05) is 28.3 Å². The molecule has 1 saturated heterocycles. The fraction of sp³-hybridized carbons (Fsp3) is 0.545. The van der Waals surface area contributed by atoms with Crippen LogP contribution in [0, 0.1) is 0 Å². The highest BCUT2D eigenvalue weighted by Gasteiger charge is 2.53. The third-order valence-electron chi connectivity index (χ3n) is 3.07. The summed E-state index contributed by atoms with van der Waals surface area (Å²) in [6.07, 6.45) is 1.52. The lowest BCUT2D eigenvalue weighted by molar-refractivity contribution is -0.148. The maximum absolute atomic E-state index is 12.0. The van der Waals surface area contributed by atoms with Gasteiger partial charge in [-0.3, -0.25) is 14.5 Å². The number of amides is 2. The molecule has 2 atom stereocenters. The predicted octanol–water partition coefficient (Wildman–Crippen LogP) is 1.55. The number of carbonyl (C=O) groups excluding carboxylic acids is 2. The molecule has 2 aliphatic heterocycles. The fourth-order valence-corrected chi connectivity index (χ4v) is 4.02. The summed E-state index contributed by atoms with van der Waals surface area (Å²) in [6.45, 7) is 1.97. The number of carboxylic acid groups (broad SMARTS) is 1. The number of nitrogens with one attached hydrogen (secondary N) is 1. The van der Waals surface area contributed by atoms with E-state index in [1.54, 1.807) is 22.6 Å². The molecule has 2 amide bonds. The number of hydrogen-bond donors (Lipinski definition) is 2. The zero-order valence-electron chi connectivity index (χ0n) is 10.2. The molecular formula is C11H13IN2O4S. The Labute approximate surface area is 128 Å². The Bertz CT molecular complexity index is 479. The van der Waals surface area contributed by atoms with Crippen molar-refractivity contribution in [2.75, 3.05) is 5.75 Å². The summed E-state index contributed by atoms with van der Waals surface area (Å²) in [5, 5.41) is 11.6. The van der Waals surface area contributed by atoms with Crippen molar-refractivity contribution in [1.29, 1.82) is 0 Å². The standard InChI is InChI=1S/C11H13IN2O4S/c1-2-3-5-4-19-9-6(13-11(12)18)8(15)14(9)7(5)10(16)17/h6,9H,2-4H2,1H3,(H,13,18)(H,16,17)/t6-,9-/m1/s1. The van der Waals surface area contributed by atoms with Crippen LogP contribution >= 0.6 is 34.4 Å². The normalized spacial score (nSPS) is 25.8. The fourth-order valence-electron chi connectivity index (χ4n) is 2.30. The lowest BCUT2D eigenvalue weighted by Gasteiger charge is -2.49. The van der Waals surface area contributed by atoms with Gasteiger partial charge in [0.15, 0.2) is 0 Å². The molecular weight excluding hydrogens is 383 g/mol. The van der Waals surface area contributed by atoms with Crippen molar-refractivity contribution in [2.24, 2.45) is 0 Å². The van der Waals surface area contributed by atoms with E-state index in [1.165, 1.54) is 16.7 Å². The molecule has 2 aliphatic rings. The molecule has 0 radical (unpaired) electrons. The molecule has 2 rings (SSSR count). The van der Waals surface area contributed by atoms with Crippen molar-refractivity contribution < 1.29 is 19.5 Å². The van der Waals surface area contributed by atoms with Gasteiger partial charge in [-0.2, -0.15) is 0 Å². The van der Waals surface area contributed by atoms with Crippen LogP contribution in [-0.2, 0) is 9.59 Å². The number of hydrogen-bond acceptors (Lipinski definition) is 4. The highest BCUT2D eigenvalue weighted by Crippen LogP contribution is 2.41. The van der Waals surface area contributed by atoms with E-state index >= 15 is 0 Å². The quantitative estimate of drug-likeness (QED) is 0.326. The Morgan fingerprint density at radius 2 is 2.26 bits per heavy atom. The van der Waals surface area contributed by atoms with Crippen LogP contribution in [0.25, 0.3) is 0 Å². The highest BCUT2D eigenvalue weighted by molar-refractivity contribution is 14.1. The molecule has 8 heteroatoms. The number of β-lactam (4-membered cyclic amide) rings is 1. The lowest BCUT2D eigenvalue weighted by atomic mass is 10.0. The Morgan fingerprint density at radius 3 is 2.79 bits per heavy atom. The summed E-state index contributed by atoms with van der Waals surface area (Å²) in [5.41, 5.74) is 0.901. The zero-order chi connectivity index (χ0) is 14.2.